The van der Waals surface area contributed by atoms with Gasteiger partial charge in [-0.1, -0.05) is 15.9 Å². The molecule has 0 saturated carbocycles. The first-order valence-corrected chi connectivity index (χ1v) is 5.76. The van der Waals surface area contributed by atoms with Crippen molar-refractivity contribution < 1.29 is 19.4 Å². The largest absolute Gasteiger partial charge is 0.478 e. The average molecular weight is 301 g/mol. The molecule has 0 radical (unpaired) electrons. The molecular formula is C12H13BrO4. The quantitative estimate of drug-likeness (QED) is 0.853. The molecule has 1 aromatic rings. The molecule has 0 aromatic heterocycles. The first-order valence-electron chi connectivity index (χ1n) is 4.97. The zero-order chi connectivity index (χ0) is 13.2. The monoisotopic (exact) mass is 300 g/mol. The lowest BCUT2D eigenvalue weighted by atomic mass is 10.1. The van der Waals surface area contributed by atoms with E-state index in [9.17, 15) is 9.59 Å². The normalized spacial score (nSPS) is 11.1. The van der Waals surface area contributed by atoms with Crippen molar-refractivity contribution in [2.45, 2.75) is 26.4 Å². The predicted octanol–water partition coefficient (Wildman–Crippen LogP) is 3.10. The Kier molecular flexibility index (Phi) is 3.93. The number of carboxylic acid groups (broad SMARTS) is 1. The summed E-state index contributed by atoms with van der Waals surface area (Å²) < 4.78 is 5.77. The predicted molar refractivity (Wildman–Crippen MR) is 66.3 cm³/mol. The van der Waals surface area contributed by atoms with Crippen LogP contribution in [0, 0.1) is 0 Å². The van der Waals surface area contributed by atoms with Gasteiger partial charge in [-0.3, -0.25) is 0 Å². The van der Waals surface area contributed by atoms with Crippen molar-refractivity contribution in [2.24, 2.45) is 0 Å². The number of carbonyl (C=O) groups excluding carboxylic acids is 1. The van der Waals surface area contributed by atoms with E-state index in [1.165, 1.54) is 12.1 Å². The number of rotatable bonds is 2. The average Bonchev–Trinajstić information content (AvgIpc) is 2.14. The Balaban J connectivity index is 3.16. The highest BCUT2D eigenvalue weighted by molar-refractivity contribution is 9.10. The van der Waals surface area contributed by atoms with E-state index in [1.54, 1.807) is 26.8 Å². The lowest BCUT2D eigenvalue weighted by Gasteiger charge is -2.20. The molecule has 92 valence electrons. The number of carbonyl (C=O) groups is 2. The van der Waals surface area contributed by atoms with Gasteiger partial charge in [0.1, 0.15) is 5.60 Å². The minimum absolute atomic E-state index is 0.0433. The topological polar surface area (TPSA) is 63.6 Å². The van der Waals surface area contributed by atoms with E-state index in [1.807, 2.05) is 0 Å². The maximum atomic E-state index is 11.8. The van der Waals surface area contributed by atoms with Crippen molar-refractivity contribution in [2.75, 3.05) is 0 Å². The van der Waals surface area contributed by atoms with Gasteiger partial charge >= 0.3 is 11.9 Å². The molecule has 0 aliphatic rings. The highest BCUT2D eigenvalue weighted by Gasteiger charge is 2.22. The molecule has 0 aliphatic carbocycles. The summed E-state index contributed by atoms with van der Waals surface area (Å²) in [5.74, 6) is -1.80. The van der Waals surface area contributed by atoms with Crippen LogP contribution in [-0.4, -0.2) is 22.6 Å². The molecular weight excluding hydrogens is 288 g/mol. The molecule has 0 fully saturated rings. The highest BCUT2D eigenvalue weighted by Crippen LogP contribution is 2.20. The van der Waals surface area contributed by atoms with Crippen LogP contribution in [-0.2, 0) is 4.74 Å². The number of benzene rings is 1. The molecule has 1 aromatic carbocycles. The van der Waals surface area contributed by atoms with Crippen molar-refractivity contribution in [3.8, 4) is 0 Å². The fraction of sp³-hybridized carbons (Fsp3) is 0.333. The van der Waals surface area contributed by atoms with Gasteiger partial charge in [0, 0.05) is 4.47 Å². The first-order chi connectivity index (χ1) is 7.70. The minimum atomic E-state index is -1.15. The number of carboxylic acids is 1. The van der Waals surface area contributed by atoms with E-state index in [-0.39, 0.29) is 11.1 Å². The molecule has 0 bridgehead atoms. The zero-order valence-electron chi connectivity index (χ0n) is 9.78. The van der Waals surface area contributed by atoms with Crippen LogP contribution in [0.15, 0.2) is 22.7 Å². The number of hydrogen-bond acceptors (Lipinski definition) is 3. The van der Waals surface area contributed by atoms with Crippen molar-refractivity contribution in [1.29, 1.82) is 0 Å². The maximum Gasteiger partial charge on any atom is 0.339 e. The summed E-state index contributed by atoms with van der Waals surface area (Å²) in [7, 11) is 0. The van der Waals surface area contributed by atoms with E-state index in [2.05, 4.69) is 15.9 Å². The molecule has 0 atom stereocenters. The van der Waals surface area contributed by atoms with Gasteiger partial charge in [-0.25, -0.2) is 9.59 Å². The smallest absolute Gasteiger partial charge is 0.339 e. The van der Waals surface area contributed by atoms with E-state index in [0.29, 0.717) is 4.47 Å². The Hall–Kier alpha value is -1.36. The molecule has 0 aliphatic heterocycles. The number of ether oxygens (including phenoxy) is 1. The number of halogens is 1. The zero-order valence-corrected chi connectivity index (χ0v) is 11.4. The SMILES string of the molecule is CC(C)(C)OC(=O)c1cc(Br)ccc1C(=O)O. The van der Waals surface area contributed by atoms with Crippen molar-refractivity contribution in [1.82, 2.24) is 0 Å². The maximum absolute atomic E-state index is 11.8. The molecule has 0 heterocycles. The fourth-order valence-electron chi connectivity index (χ4n) is 1.20. The Morgan fingerprint density at radius 3 is 2.29 bits per heavy atom. The molecule has 0 amide bonds. The lowest BCUT2D eigenvalue weighted by molar-refractivity contribution is 0.00658. The molecule has 0 spiro atoms. The first kappa shape index (κ1) is 13.7. The Bertz CT molecular complexity index is 460. The fourth-order valence-corrected chi connectivity index (χ4v) is 1.57. The third kappa shape index (κ3) is 3.85. The Labute approximate surface area is 108 Å². The van der Waals surface area contributed by atoms with Gasteiger partial charge in [0.2, 0.25) is 0 Å². The summed E-state index contributed by atoms with van der Waals surface area (Å²) in [5, 5.41) is 8.98. The lowest BCUT2D eigenvalue weighted by Crippen LogP contribution is -2.25. The molecule has 1 N–H and O–H groups in total. The second-order valence-corrected chi connectivity index (χ2v) is 5.41. The van der Waals surface area contributed by atoms with Crippen LogP contribution in [0.1, 0.15) is 41.5 Å². The van der Waals surface area contributed by atoms with Gasteiger partial charge in [0.25, 0.3) is 0 Å². The van der Waals surface area contributed by atoms with Gasteiger partial charge in [0.15, 0.2) is 0 Å². The summed E-state index contributed by atoms with van der Waals surface area (Å²) in [4.78, 5) is 22.8. The number of hydrogen-bond donors (Lipinski definition) is 1. The highest BCUT2D eigenvalue weighted by atomic mass is 79.9. The van der Waals surface area contributed by atoms with E-state index >= 15 is 0 Å². The van der Waals surface area contributed by atoms with E-state index < -0.39 is 17.5 Å². The van der Waals surface area contributed by atoms with Gasteiger partial charge in [-0.15, -0.1) is 0 Å². The second kappa shape index (κ2) is 4.87. The van der Waals surface area contributed by atoms with Crippen molar-refractivity contribution in [3.05, 3.63) is 33.8 Å². The van der Waals surface area contributed by atoms with Crippen LogP contribution in [0.2, 0.25) is 0 Å². The molecule has 0 saturated heterocycles. The van der Waals surface area contributed by atoms with Crippen molar-refractivity contribution in [3.63, 3.8) is 0 Å². The molecule has 5 heteroatoms. The third-order valence-electron chi connectivity index (χ3n) is 1.83. The summed E-state index contributed by atoms with van der Waals surface area (Å²) in [6.45, 7) is 5.18. The van der Waals surface area contributed by atoms with E-state index in [0.717, 1.165) is 0 Å². The standard InChI is InChI=1S/C12H13BrO4/c1-12(2,3)17-11(16)9-6-7(13)4-5-8(9)10(14)15/h4-6H,1-3H3,(H,14,15). The molecule has 17 heavy (non-hydrogen) atoms. The molecule has 4 nitrogen and oxygen atoms in total. The van der Waals surface area contributed by atoms with E-state index in [4.69, 9.17) is 9.84 Å². The summed E-state index contributed by atoms with van der Waals surface area (Å²) in [6, 6.07) is 4.38. The van der Waals surface area contributed by atoms with Crippen LogP contribution < -0.4 is 0 Å². The summed E-state index contributed by atoms with van der Waals surface area (Å²) >= 11 is 3.19. The van der Waals surface area contributed by atoms with Crippen LogP contribution >= 0.6 is 15.9 Å². The van der Waals surface area contributed by atoms with Crippen LogP contribution in [0.3, 0.4) is 0 Å². The third-order valence-corrected chi connectivity index (χ3v) is 2.32. The minimum Gasteiger partial charge on any atom is -0.478 e. The van der Waals surface area contributed by atoms with Crippen LogP contribution in [0.25, 0.3) is 0 Å². The molecule has 1 rings (SSSR count). The number of esters is 1. The molecule has 0 unspecified atom stereocenters. The van der Waals surface area contributed by atoms with Gasteiger partial charge in [-0.05, 0) is 39.0 Å². The van der Waals surface area contributed by atoms with Crippen LogP contribution in [0.4, 0.5) is 0 Å². The van der Waals surface area contributed by atoms with Gasteiger partial charge < -0.3 is 9.84 Å². The van der Waals surface area contributed by atoms with Crippen LogP contribution in [0.5, 0.6) is 0 Å². The number of aromatic carboxylic acids is 1. The van der Waals surface area contributed by atoms with Crippen molar-refractivity contribution >= 4 is 27.9 Å². The summed E-state index contributed by atoms with van der Waals surface area (Å²) in [5.41, 5.74) is -0.681. The van der Waals surface area contributed by atoms with Gasteiger partial charge in [0.05, 0.1) is 11.1 Å². The Morgan fingerprint density at radius 2 is 1.82 bits per heavy atom. The van der Waals surface area contributed by atoms with Gasteiger partial charge in [-0.2, -0.15) is 0 Å². The second-order valence-electron chi connectivity index (χ2n) is 4.50. The summed E-state index contributed by atoms with van der Waals surface area (Å²) in [6.07, 6.45) is 0. The Morgan fingerprint density at radius 1 is 1.24 bits per heavy atom.